The van der Waals surface area contributed by atoms with E-state index in [1.807, 2.05) is 62.4 Å². The summed E-state index contributed by atoms with van der Waals surface area (Å²) in [6.07, 6.45) is 0.908. The van der Waals surface area contributed by atoms with Crippen LogP contribution in [-0.2, 0) is 0 Å². The van der Waals surface area contributed by atoms with Crippen LogP contribution in [0.1, 0.15) is 29.3 Å². The number of hydrogen-bond acceptors (Lipinski definition) is 5. The molecule has 6 nitrogen and oxygen atoms in total. The van der Waals surface area contributed by atoms with Gasteiger partial charge < -0.3 is 19.2 Å². The van der Waals surface area contributed by atoms with Crippen molar-refractivity contribution in [1.82, 2.24) is 4.98 Å². The monoisotopic (exact) mass is 416 g/mol. The van der Waals surface area contributed by atoms with Crippen LogP contribution >= 0.6 is 0 Å². The first-order valence-electron chi connectivity index (χ1n) is 10.2. The number of ether oxygens (including phenoxy) is 2. The highest BCUT2D eigenvalue weighted by Crippen LogP contribution is 2.30. The fraction of sp³-hybridized carbons (Fsp3) is 0.200. The highest BCUT2D eigenvalue weighted by atomic mass is 16.5. The summed E-state index contributed by atoms with van der Waals surface area (Å²) in [5, 5.41) is 2.99. The van der Waals surface area contributed by atoms with Crippen molar-refractivity contribution in [2.45, 2.75) is 20.3 Å². The van der Waals surface area contributed by atoms with Crippen molar-refractivity contribution in [3.63, 3.8) is 0 Å². The molecule has 1 heterocycles. The standard InChI is InChI=1S/C25H24N2O4/c1-4-12-30-20-7-5-6-17(13-20)24(28)26-21-14-18(9-8-16(21)2)25-27-22-15-19(29-3)10-11-23(22)31-25/h5-11,13-15H,4,12H2,1-3H3,(H,26,28). The van der Waals surface area contributed by atoms with Gasteiger partial charge in [-0.1, -0.05) is 19.1 Å². The van der Waals surface area contributed by atoms with Gasteiger partial charge in [-0.2, -0.15) is 0 Å². The van der Waals surface area contributed by atoms with Gasteiger partial charge in [-0.25, -0.2) is 4.98 Å². The number of rotatable bonds is 7. The van der Waals surface area contributed by atoms with E-state index in [0.29, 0.717) is 46.3 Å². The van der Waals surface area contributed by atoms with E-state index in [4.69, 9.17) is 13.9 Å². The lowest BCUT2D eigenvalue weighted by atomic mass is 10.1. The number of oxazole rings is 1. The van der Waals surface area contributed by atoms with Crippen LogP contribution in [0.3, 0.4) is 0 Å². The fourth-order valence-corrected chi connectivity index (χ4v) is 3.19. The number of carbonyl (C=O) groups is 1. The summed E-state index contributed by atoms with van der Waals surface area (Å²) in [4.78, 5) is 17.4. The van der Waals surface area contributed by atoms with Gasteiger partial charge in [0.2, 0.25) is 5.89 Å². The second-order valence-electron chi connectivity index (χ2n) is 7.21. The molecule has 0 radical (unpaired) electrons. The summed E-state index contributed by atoms with van der Waals surface area (Å²) >= 11 is 0. The number of carbonyl (C=O) groups excluding carboxylic acids is 1. The average molecular weight is 416 g/mol. The van der Waals surface area contributed by atoms with E-state index in [1.165, 1.54) is 0 Å². The maximum atomic E-state index is 12.8. The number of nitrogens with zero attached hydrogens (tertiary/aromatic N) is 1. The van der Waals surface area contributed by atoms with Crippen molar-refractivity contribution in [1.29, 1.82) is 0 Å². The molecular formula is C25H24N2O4. The van der Waals surface area contributed by atoms with Gasteiger partial charge in [0.15, 0.2) is 5.58 Å². The number of aromatic nitrogens is 1. The molecule has 0 aliphatic carbocycles. The van der Waals surface area contributed by atoms with E-state index in [-0.39, 0.29) is 5.91 Å². The molecule has 0 unspecified atom stereocenters. The van der Waals surface area contributed by atoms with E-state index in [0.717, 1.165) is 17.5 Å². The van der Waals surface area contributed by atoms with Crippen LogP contribution in [0.5, 0.6) is 11.5 Å². The van der Waals surface area contributed by atoms with Gasteiger partial charge in [-0.05, 0) is 61.4 Å². The predicted octanol–water partition coefficient (Wildman–Crippen LogP) is 5.85. The Balaban J connectivity index is 1.59. The second-order valence-corrected chi connectivity index (χ2v) is 7.21. The van der Waals surface area contributed by atoms with Crippen LogP contribution < -0.4 is 14.8 Å². The third-order valence-corrected chi connectivity index (χ3v) is 4.90. The number of fused-ring (bicyclic) bond motifs is 1. The van der Waals surface area contributed by atoms with Crippen LogP contribution in [-0.4, -0.2) is 24.6 Å². The summed E-state index contributed by atoms with van der Waals surface area (Å²) in [5.74, 6) is 1.68. The number of anilines is 1. The molecule has 158 valence electrons. The first kappa shape index (κ1) is 20.5. The van der Waals surface area contributed by atoms with E-state index in [9.17, 15) is 4.79 Å². The number of hydrogen-bond donors (Lipinski definition) is 1. The molecule has 0 aliphatic rings. The number of amides is 1. The maximum absolute atomic E-state index is 12.8. The molecule has 0 saturated heterocycles. The second kappa shape index (κ2) is 8.92. The van der Waals surface area contributed by atoms with Crippen LogP contribution in [0.25, 0.3) is 22.6 Å². The number of aryl methyl sites for hydroxylation is 1. The fourth-order valence-electron chi connectivity index (χ4n) is 3.19. The zero-order chi connectivity index (χ0) is 21.8. The Hall–Kier alpha value is -3.80. The Kier molecular flexibility index (Phi) is 5.89. The van der Waals surface area contributed by atoms with Crippen molar-refractivity contribution in [2.75, 3.05) is 19.0 Å². The minimum atomic E-state index is -0.204. The van der Waals surface area contributed by atoms with E-state index in [1.54, 1.807) is 19.2 Å². The van der Waals surface area contributed by atoms with E-state index >= 15 is 0 Å². The third-order valence-electron chi connectivity index (χ3n) is 4.90. The Morgan fingerprint density at radius 3 is 2.74 bits per heavy atom. The summed E-state index contributed by atoms with van der Waals surface area (Å²) < 4.78 is 16.8. The molecule has 0 saturated carbocycles. The number of benzene rings is 3. The Morgan fingerprint density at radius 1 is 1.06 bits per heavy atom. The van der Waals surface area contributed by atoms with E-state index < -0.39 is 0 Å². The van der Waals surface area contributed by atoms with Gasteiger partial charge in [0.25, 0.3) is 5.91 Å². The number of nitrogens with one attached hydrogen (secondary N) is 1. The van der Waals surface area contributed by atoms with Gasteiger partial charge >= 0.3 is 0 Å². The predicted molar refractivity (Wildman–Crippen MR) is 121 cm³/mol. The molecule has 4 aromatic rings. The molecule has 0 fully saturated rings. The lowest BCUT2D eigenvalue weighted by molar-refractivity contribution is 0.102. The normalized spacial score (nSPS) is 10.8. The highest BCUT2D eigenvalue weighted by Gasteiger charge is 2.13. The zero-order valence-electron chi connectivity index (χ0n) is 17.8. The Morgan fingerprint density at radius 2 is 1.94 bits per heavy atom. The van der Waals surface area contributed by atoms with Crippen molar-refractivity contribution >= 4 is 22.7 Å². The Bertz CT molecular complexity index is 1230. The molecule has 0 spiro atoms. The minimum absolute atomic E-state index is 0.204. The molecular weight excluding hydrogens is 392 g/mol. The van der Waals surface area contributed by atoms with Crippen LogP contribution in [0.2, 0.25) is 0 Å². The molecule has 3 aromatic carbocycles. The van der Waals surface area contributed by atoms with Crippen molar-refractivity contribution in [3.05, 3.63) is 71.8 Å². The molecule has 0 aliphatic heterocycles. The SMILES string of the molecule is CCCOc1cccc(C(=O)Nc2cc(-c3nc4cc(OC)ccc4o3)ccc2C)c1. The summed E-state index contributed by atoms with van der Waals surface area (Å²) in [5.41, 5.74) is 4.33. The van der Waals surface area contributed by atoms with Crippen LogP contribution in [0.15, 0.2) is 65.1 Å². The first-order chi connectivity index (χ1) is 15.1. The van der Waals surface area contributed by atoms with Gasteiger partial charge in [-0.15, -0.1) is 0 Å². The average Bonchev–Trinajstić information content (AvgIpc) is 3.22. The van der Waals surface area contributed by atoms with Crippen molar-refractivity contribution in [2.24, 2.45) is 0 Å². The molecule has 0 bridgehead atoms. The lowest BCUT2D eigenvalue weighted by Crippen LogP contribution is -2.13. The topological polar surface area (TPSA) is 73.6 Å². The molecule has 1 amide bonds. The largest absolute Gasteiger partial charge is 0.497 e. The van der Waals surface area contributed by atoms with Gasteiger partial charge in [0.05, 0.1) is 13.7 Å². The molecule has 0 atom stereocenters. The number of methoxy groups -OCH3 is 1. The van der Waals surface area contributed by atoms with Crippen molar-refractivity contribution in [3.8, 4) is 23.0 Å². The van der Waals surface area contributed by atoms with Gasteiger partial charge in [-0.3, -0.25) is 4.79 Å². The Labute approximate surface area is 180 Å². The third kappa shape index (κ3) is 4.53. The summed E-state index contributed by atoms with van der Waals surface area (Å²) in [7, 11) is 1.61. The van der Waals surface area contributed by atoms with E-state index in [2.05, 4.69) is 10.3 Å². The molecule has 1 aromatic heterocycles. The molecule has 31 heavy (non-hydrogen) atoms. The summed E-state index contributed by atoms with van der Waals surface area (Å²) in [6.45, 7) is 4.60. The minimum Gasteiger partial charge on any atom is -0.497 e. The quantitative estimate of drug-likeness (QED) is 0.409. The summed E-state index contributed by atoms with van der Waals surface area (Å²) in [6, 6.07) is 18.4. The zero-order valence-corrected chi connectivity index (χ0v) is 17.8. The van der Waals surface area contributed by atoms with Gasteiger partial charge in [0.1, 0.15) is 17.0 Å². The lowest BCUT2D eigenvalue weighted by Gasteiger charge is -2.11. The smallest absolute Gasteiger partial charge is 0.255 e. The molecule has 4 rings (SSSR count). The van der Waals surface area contributed by atoms with Crippen LogP contribution in [0, 0.1) is 6.92 Å². The maximum Gasteiger partial charge on any atom is 0.255 e. The van der Waals surface area contributed by atoms with Gasteiger partial charge in [0, 0.05) is 22.9 Å². The first-order valence-corrected chi connectivity index (χ1v) is 10.2. The highest BCUT2D eigenvalue weighted by molar-refractivity contribution is 6.05. The molecule has 6 heteroatoms. The van der Waals surface area contributed by atoms with Crippen molar-refractivity contribution < 1.29 is 18.7 Å². The molecule has 1 N–H and O–H groups in total. The van der Waals surface area contributed by atoms with Crippen LogP contribution in [0.4, 0.5) is 5.69 Å².